The molecule has 1 N–H and O–H groups in total. The number of halogens is 2. The number of amides is 1. The third-order valence-electron chi connectivity index (χ3n) is 4.42. The number of likely N-dealkylation sites (tertiary alicyclic amines) is 1. The standard InChI is InChI=1S/C20H21F2N5O2.C2H6/c1-2-4-17(22)23-10-12-27-11-3-5-15(13-18(27)28)19-24-20(29-26-25-19)14-6-8-16(21)9-7-14;1-2/h2,4,6-10,12,15,26H,3,5,11,13H2,1H3;1-2H3/b4-2-,12-10+,23-17+;. The summed E-state index contributed by atoms with van der Waals surface area (Å²) in [7, 11) is 0. The van der Waals surface area contributed by atoms with Crippen molar-refractivity contribution in [3.8, 4) is 0 Å². The number of carbonyl (C=O) groups is 1. The maximum Gasteiger partial charge on any atom is 0.256 e. The van der Waals surface area contributed by atoms with Gasteiger partial charge in [-0.25, -0.2) is 9.38 Å². The molecular formula is C22H27F2N5O2. The van der Waals surface area contributed by atoms with Crippen LogP contribution in [-0.2, 0) is 9.63 Å². The fourth-order valence-corrected chi connectivity index (χ4v) is 2.97. The Labute approximate surface area is 180 Å². The molecule has 1 unspecified atom stereocenters. The van der Waals surface area contributed by atoms with Gasteiger partial charge in [0.1, 0.15) is 5.82 Å². The van der Waals surface area contributed by atoms with Gasteiger partial charge in [0.05, 0.1) is 0 Å². The largest absolute Gasteiger partial charge is 0.344 e. The highest BCUT2D eigenvalue weighted by Crippen LogP contribution is 2.22. The van der Waals surface area contributed by atoms with E-state index in [4.69, 9.17) is 4.84 Å². The SMILES string of the molecule is CC.C\C=C/C(F)=N\C=C\N1CCCC(C2=NNOC(c3ccc(F)cc3)=N2)CC1=O. The van der Waals surface area contributed by atoms with Gasteiger partial charge in [-0.3, -0.25) is 4.79 Å². The fraction of sp³-hybridized carbons (Fsp3) is 0.364. The molecule has 0 saturated carbocycles. The molecule has 166 valence electrons. The maximum atomic E-state index is 13.3. The number of allylic oxidation sites excluding steroid dienone is 2. The lowest BCUT2D eigenvalue weighted by molar-refractivity contribution is -0.128. The Balaban J connectivity index is 0.00000166. The zero-order chi connectivity index (χ0) is 22.6. The number of amidine groups is 1. The van der Waals surface area contributed by atoms with Crippen molar-refractivity contribution in [1.29, 1.82) is 0 Å². The number of hydrogen-bond donors (Lipinski definition) is 1. The Morgan fingerprint density at radius 1 is 1.32 bits per heavy atom. The second-order valence-corrected chi connectivity index (χ2v) is 6.47. The number of hydrazone groups is 1. The minimum absolute atomic E-state index is 0.127. The minimum atomic E-state index is -0.630. The summed E-state index contributed by atoms with van der Waals surface area (Å²) >= 11 is 0. The van der Waals surface area contributed by atoms with E-state index in [1.54, 1.807) is 19.1 Å². The van der Waals surface area contributed by atoms with Crippen LogP contribution >= 0.6 is 0 Å². The van der Waals surface area contributed by atoms with Crippen LogP contribution in [0.1, 0.15) is 45.6 Å². The van der Waals surface area contributed by atoms with Crippen LogP contribution < -0.4 is 5.59 Å². The van der Waals surface area contributed by atoms with E-state index in [0.717, 1.165) is 6.42 Å². The summed E-state index contributed by atoms with van der Waals surface area (Å²) in [6.07, 6.45) is 7.15. The van der Waals surface area contributed by atoms with Crippen LogP contribution in [0.3, 0.4) is 0 Å². The van der Waals surface area contributed by atoms with Crippen LogP contribution in [0.2, 0.25) is 0 Å². The van der Waals surface area contributed by atoms with Crippen LogP contribution in [0.4, 0.5) is 8.78 Å². The summed E-state index contributed by atoms with van der Waals surface area (Å²) in [5.41, 5.74) is 3.05. The molecule has 2 aliphatic rings. The van der Waals surface area contributed by atoms with Crippen molar-refractivity contribution in [3.63, 3.8) is 0 Å². The van der Waals surface area contributed by atoms with Crippen molar-refractivity contribution < 1.29 is 18.4 Å². The van der Waals surface area contributed by atoms with Gasteiger partial charge in [0, 0.05) is 36.8 Å². The lowest BCUT2D eigenvalue weighted by Crippen LogP contribution is -2.30. The third kappa shape index (κ3) is 7.13. The smallest absolute Gasteiger partial charge is 0.256 e. The summed E-state index contributed by atoms with van der Waals surface area (Å²) in [6.45, 7) is 6.19. The topological polar surface area (TPSA) is 78.7 Å². The zero-order valence-corrected chi connectivity index (χ0v) is 17.9. The number of benzene rings is 1. The van der Waals surface area contributed by atoms with E-state index in [1.165, 1.54) is 41.6 Å². The van der Waals surface area contributed by atoms with Gasteiger partial charge in [-0.05, 0) is 50.1 Å². The highest BCUT2D eigenvalue weighted by atomic mass is 19.1. The molecule has 1 atom stereocenters. The molecule has 0 spiro atoms. The summed E-state index contributed by atoms with van der Waals surface area (Å²) < 4.78 is 26.4. The van der Waals surface area contributed by atoms with E-state index in [9.17, 15) is 13.6 Å². The van der Waals surface area contributed by atoms with Crippen molar-refractivity contribution in [2.24, 2.45) is 21.0 Å². The molecule has 1 aromatic carbocycles. The van der Waals surface area contributed by atoms with Gasteiger partial charge in [0.25, 0.3) is 5.90 Å². The average Bonchev–Trinajstić information content (AvgIpc) is 2.97. The summed E-state index contributed by atoms with van der Waals surface area (Å²) in [6, 6.07) is 5.73. The molecule has 2 heterocycles. The first-order valence-corrected chi connectivity index (χ1v) is 10.2. The fourth-order valence-electron chi connectivity index (χ4n) is 2.97. The minimum Gasteiger partial charge on any atom is -0.344 e. The Hall–Kier alpha value is -3.36. The van der Waals surface area contributed by atoms with Crippen molar-refractivity contribution >= 4 is 23.6 Å². The molecule has 0 aliphatic carbocycles. The number of rotatable bonds is 5. The average molecular weight is 431 g/mol. The number of aliphatic imine (C=N–C) groups is 2. The molecule has 0 radical (unpaired) electrons. The maximum absolute atomic E-state index is 13.3. The summed E-state index contributed by atoms with van der Waals surface area (Å²) in [5, 5.41) is 4.07. The van der Waals surface area contributed by atoms with Gasteiger partial charge in [0.2, 0.25) is 11.9 Å². The van der Waals surface area contributed by atoms with Gasteiger partial charge < -0.3 is 9.74 Å². The van der Waals surface area contributed by atoms with E-state index in [-0.39, 0.29) is 30.0 Å². The Kier molecular flexibility index (Phi) is 9.54. The highest BCUT2D eigenvalue weighted by molar-refractivity contribution is 6.05. The van der Waals surface area contributed by atoms with E-state index in [2.05, 4.69) is 20.7 Å². The van der Waals surface area contributed by atoms with Crippen LogP contribution in [0, 0.1) is 11.7 Å². The Bertz CT molecular complexity index is 892. The molecule has 1 fully saturated rings. The van der Waals surface area contributed by atoms with Gasteiger partial charge in [-0.2, -0.15) is 9.38 Å². The molecule has 2 aliphatic heterocycles. The van der Waals surface area contributed by atoms with Crippen LogP contribution in [0.15, 0.2) is 63.9 Å². The molecule has 1 aromatic rings. The molecule has 9 heteroatoms. The second kappa shape index (κ2) is 12.4. The van der Waals surface area contributed by atoms with E-state index >= 15 is 0 Å². The van der Waals surface area contributed by atoms with E-state index < -0.39 is 5.97 Å². The lowest BCUT2D eigenvalue weighted by Gasteiger charge is -2.19. The van der Waals surface area contributed by atoms with Gasteiger partial charge in [-0.15, -0.1) is 10.7 Å². The van der Waals surface area contributed by atoms with Gasteiger partial charge >= 0.3 is 0 Å². The normalized spacial score (nSPS) is 19.8. The van der Waals surface area contributed by atoms with Gasteiger partial charge in [0.15, 0.2) is 5.84 Å². The van der Waals surface area contributed by atoms with E-state index in [0.29, 0.717) is 24.4 Å². The Morgan fingerprint density at radius 3 is 2.77 bits per heavy atom. The molecular weight excluding hydrogens is 404 g/mol. The quantitative estimate of drug-likeness (QED) is 0.698. The van der Waals surface area contributed by atoms with Crippen molar-refractivity contribution in [1.82, 2.24) is 10.5 Å². The van der Waals surface area contributed by atoms with E-state index in [1.807, 2.05) is 13.8 Å². The number of carbonyl (C=O) groups excluding carboxylic acids is 1. The van der Waals surface area contributed by atoms with Crippen molar-refractivity contribution in [2.45, 2.75) is 40.0 Å². The molecule has 0 aromatic heterocycles. The number of hydrogen-bond acceptors (Lipinski definition) is 6. The van der Waals surface area contributed by atoms with Gasteiger partial charge in [-0.1, -0.05) is 19.9 Å². The first-order chi connectivity index (χ1) is 15.1. The molecule has 1 amide bonds. The zero-order valence-electron chi connectivity index (χ0n) is 17.9. The number of nitrogens with zero attached hydrogens (tertiary/aromatic N) is 4. The van der Waals surface area contributed by atoms with Crippen LogP contribution in [0.25, 0.3) is 0 Å². The molecule has 7 nitrogen and oxygen atoms in total. The summed E-state index contributed by atoms with van der Waals surface area (Å²) in [5.74, 6) is -0.600. The van der Waals surface area contributed by atoms with Crippen LogP contribution in [0.5, 0.6) is 0 Å². The molecule has 3 rings (SSSR count). The monoisotopic (exact) mass is 431 g/mol. The first-order valence-electron chi connectivity index (χ1n) is 10.2. The molecule has 31 heavy (non-hydrogen) atoms. The lowest BCUT2D eigenvalue weighted by atomic mass is 9.99. The predicted molar refractivity (Wildman–Crippen MR) is 117 cm³/mol. The van der Waals surface area contributed by atoms with Crippen molar-refractivity contribution in [3.05, 3.63) is 60.2 Å². The molecule has 1 saturated heterocycles. The number of nitrogens with one attached hydrogen (secondary N) is 1. The predicted octanol–water partition coefficient (Wildman–Crippen LogP) is 4.49. The second-order valence-electron chi connectivity index (χ2n) is 6.47. The van der Waals surface area contributed by atoms with Crippen molar-refractivity contribution in [2.75, 3.05) is 6.54 Å². The van der Waals surface area contributed by atoms with Crippen LogP contribution in [-0.4, -0.2) is 35.1 Å². The first kappa shape index (κ1) is 23.9. The molecule has 0 bridgehead atoms. The summed E-state index contributed by atoms with van der Waals surface area (Å²) in [4.78, 5) is 27.4. The highest BCUT2D eigenvalue weighted by Gasteiger charge is 2.28. The third-order valence-corrected chi connectivity index (χ3v) is 4.42. The Morgan fingerprint density at radius 2 is 2.06 bits per heavy atom.